The van der Waals surface area contributed by atoms with Crippen molar-refractivity contribution in [3.05, 3.63) is 64.9 Å². The van der Waals surface area contributed by atoms with Crippen molar-refractivity contribution in [1.29, 1.82) is 0 Å². The van der Waals surface area contributed by atoms with E-state index >= 15 is 4.39 Å². The zero-order valence-electron chi connectivity index (χ0n) is 17.6. The van der Waals surface area contributed by atoms with Crippen molar-refractivity contribution in [2.75, 3.05) is 18.0 Å². The second-order valence-corrected chi connectivity index (χ2v) is 9.02. The maximum Gasteiger partial charge on any atom is 0.290 e. The molecule has 2 aliphatic heterocycles. The van der Waals surface area contributed by atoms with Gasteiger partial charge in [0.25, 0.3) is 11.1 Å². The molecule has 0 bridgehead atoms. The molecule has 0 spiro atoms. The van der Waals surface area contributed by atoms with E-state index in [1.165, 1.54) is 0 Å². The van der Waals surface area contributed by atoms with Gasteiger partial charge in [0.1, 0.15) is 5.82 Å². The van der Waals surface area contributed by atoms with Crippen LogP contribution in [0.25, 0.3) is 28.1 Å². The van der Waals surface area contributed by atoms with Crippen LogP contribution in [-0.2, 0) is 4.79 Å². The summed E-state index contributed by atoms with van der Waals surface area (Å²) in [4.78, 5) is 30.1. The Labute approximate surface area is 200 Å². The normalized spacial score (nSPS) is 19.6. The zero-order chi connectivity index (χ0) is 22.2. The number of benzene rings is 2. The van der Waals surface area contributed by atoms with Gasteiger partial charge in [0.15, 0.2) is 0 Å². The van der Waals surface area contributed by atoms with Crippen molar-refractivity contribution in [1.82, 2.24) is 10.3 Å². The summed E-state index contributed by atoms with van der Waals surface area (Å²) < 4.78 is 15.1. The summed E-state index contributed by atoms with van der Waals surface area (Å²) in [7, 11) is 0. The van der Waals surface area contributed by atoms with Crippen LogP contribution in [0.3, 0.4) is 0 Å². The summed E-state index contributed by atoms with van der Waals surface area (Å²) in [5.74, 6) is -0.694. The van der Waals surface area contributed by atoms with Crippen molar-refractivity contribution in [2.45, 2.75) is 18.9 Å². The number of imide groups is 1. The van der Waals surface area contributed by atoms with Crippen LogP contribution in [0.5, 0.6) is 0 Å². The van der Waals surface area contributed by atoms with Gasteiger partial charge < -0.3 is 10.6 Å². The molecule has 170 valence electrons. The van der Waals surface area contributed by atoms with E-state index in [9.17, 15) is 9.59 Å². The third-order valence-electron chi connectivity index (χ3n) is 5.74. The van der Waals surface area contributed by atoms with Crippen LogP contribution in [0.2, 0.25) is 0 Å². The highest BCUT2D eigenvalue weighted by molar-refractivity contribution is 8.18. The molecule has 5 rings (SSSR count). The Kier molecular flexibility index (Phi) is 6.69. The van der Waals surface area contributed by atoms with E-state index in [0.717, 1.165) is 53.2 Å². The monoisotopic (exact) mass is 484 g/mol. The Balaban J connectivity index is 0.00000259. The fourth-order valence-corrected chi connectivity index (χ4v) is 4.91. The van der Waals surface area contributed by atoms with Crippen LogP contribution in [-0.4, -0.2) is 35.3 Å². The van der Waals surface area contributed by atoms with Crippen LogP contribution >= 0.6 is 24.2 Å². The Bertz CT molecular complexity index is 1280. The largest absolute Gasteiger partial charge is 0.368 e. The number of nitrogens with zero attached hydrogens (tertiary/aromatic N) is 2. The molecule has 0 unspecified atom stereocenters. The molecular weight excluding hydrogens is 463 g/mol. The first-order valence-corrected chi connectivity index (χ1v) is 11.2. The SMILES string of the molecule is Cl.N[C@@H]1CCCN(c2ccc(-c3cccc4ncc(C=C5SC(=O)NC5=O)cc34)cc2F)C1. The van der Waals surface area contributed by atoms with Crippen LogP contribution in [0, 0.1) is 5.82 Å². The number of nitrogens with one attached hydrogen (secondary N) is 1. The van der Waals surface area contributed by atoms with Crippen molar-refractivity contribution in [3.8, 4) is 11.1 Å². The molecule has 33 heavy (non-hydrogen) atoms. The fraction of sp³-hybridized carbons (Fsp3) is 0.208. The molecule has 2 aromatic carbocycles. The summed E-state index contributed by atoms with van der Waals surface area (Å²) in [5, 5.41) is 2.69. The highest BCUT2D eigenvalue weighted by atomic mass is 35.5. The lowest BCUT2D eigenvalue weighted by molar-refractivity contribution is -0.115. The number of fused-ring (bicyclic) bond motifs is 1. The van der Waals surface area contributed by atoms with E-state index in [1.807, 2.05) is 41.3 Å². The second-order valence-electron chi connectivity index (χ2n) is 8.01. The topological polar surface area (TPSA) is 88.3 Å². The van der Waals surface area contributed by atoms with Crippen LogP contribution < -0.4 is 16.0 Å². The van der Waals surface area contributed by atoms with Gasteiger partial charge in [-0.2, -0.15) is 0 Å². The highest BCUT2D eigenvalue weighted by Gasteiger charge is 2.25. The third-order valence-corrected chi connectivity index (χ3v) is 6.55. The standard InChI is InChI=1S/C24H21FN4O2S.ClH/c25-19-11-15(6-7-21(19)29-8-2-3-16(26)13-29)17-4-1-5-20-18(17)9-14(12-27-20)10-22-23(30)28-24(31)32-22;/h1,4-7,9-12,16H,2-3,8,13,26H2,(H,28,30,31);1H/t16-;/m1./s1. The van der Waals surface area contributed by atoms with Gasteiger partial charge in [0, 0.05) is 30.7 Å². The number of nitrogens with two attached hydrogens (primary N) is 1. The molecule has 0 saturated carbocycles. The van der Waals surface area contributed by atoms with E-state index in [0.29, 0.717) is 22.7 Å². The summed E-state index contributed by atoms with van der Waals surface area (Å²) in [6, 6.07) is 12.9. The third kappa shape index (κ3) is 4.73. The maximum atomic E-state index is 15.1. The highest BCUT2D eigenvalue weighted by Crippen LogP contribution is 2.33. The number of thioether (sulfide) groups is 1. The number of halogens is 2. The first kappa shape index (κ1) is 23.2. The lowest BCUT2D eigenvalue weighted by Crippen LogP contribution is -2.43. The molecule has 2 amide bonds. The van der Waals surface area contributed by atoms with E-state index < -0.39 is 5.91 Å². The van der Waals surface area contributed by atoms with Crippen molar-refractivity contribution in [2.24, 2.45) is 5.73 Å². The predicted octanol–water partition coefficient (Wildman–Crippen LogP) is 4.71. The number of hydrogen-bond donors (Lipinski definition) is 2. The van der Waals surface area contributed by atoms with Gasteiger partial charge in [0.2, 0.25) is 0 Å². The quantitative estimate of drug-likeness (QED) is 0.523. The van der Waals surface area contributed by atoms with E-state index in [1.54, 1.807) is 18.3 Å². The molecule has 1 aromatic heterocycles. The first-order chi connectivity index (χ1) is 15.5. The second kappa shape index (κ2) is 9.51. The number of piperidine rings is 1. The molecule has 9 heteroatoms. The minimum atomic E-state index is -0.413. The zero-order valence-corrected chi connectivity index (χ0v) is 19.2. The Morgan fingerprint density at radius 1 is 1.21 bits per heavy atom. The maximum absolute atomic E-state index is 15.1. The van der Waals surface area contributed by atoms with E-state index in [-0.39, 0.29) is 29.5 Å². The molecule has 2 aliphatic rings. The summed E-state index contributed by atoms with van der Waals surface area (Å²) in [5.41, 5.74) is 9.67. The number of carbonyl (C=O) groups is 2. The Morgan fingerprint density at radius 3 is 2.79 bits per heavy atom. The van der Waals surface area contributed by atoms with Gasteiger partial charge in [-0.15, -0.1) is 12.4 Å². The van der Waals surface area contributed by atoms with Gasteiger partial charge in [-0.1, -0.05) is 18.2 Å². The van der Waals surface area contributed by atoms with Crippen molar-refractivity contribution < 1.29 is 14.0 Å². The summed E-state index contributed by atoms with van der Waals surface area (Å²) in [6.45, 7) is 1.45. The fourth-order valence-electron chi connectivity index (χ4n) is 4.23. The van der Waals surface area contributed by atoms with Gasteiger partial charge >= 0.3 is 0 Å². The van der Waals surface area contributed by atoms with E-state index in [2.05, 4.69) is 10.3 Å². The number of amides is 2. The predicted molar refractivity (Wildman–Crippen MR) is 133 cm³/mol. The van der Waals surface area contributed by atoms with E-state index in [4.69, 9.17) is 5.73 Å². The molecule has 2 saturated heterocycles. The molecule has 3 heterocycles. The number of anilines is 1. The smallest absolute Gasteiger partial charge is 0.290 e. The molecule has 3 aromatic rings. The Hall–Kier alpha value is -2.94. The average molecular weight is 485 g/mol. The average Bonchev–Trinajstić information content (AvgIpc) is 3.09. The minimum absolute atomic E-state index is 0. The van der Waals surface area contributed by atoms with Gasteiger partial charge in [-0.25, -0.2) is 4.39 Å². The molecule has 6 nitrogen and oxygen atoms in total. The van der Waals surface area contributed by atoms with Crippen LogP contribution in [0.1, 0.15) is 18.4 Å². The van der Waals surface area contributed by atoms with Crippen molar-refractivity contribution in [3.63, 3.8) is 0 Å². The van der Waals surface area contributed by atoms with Crippen LogP contribution in [0.4, 0.5) is 14.9 Å². The van der Waals surface area contributed by atoms with Gasteiger partial charge in [-0.05, 0) is 71.6 Å². The summed E-state index contributed by atoms with van der Waals surface area (Å²) >= 11 is 0.862. The summed E-state index contributed by atoms with van der Waals surface area (Å²) in [6.07, 6.45) is 5.21. The number of aromatic nitrogens is 1. The molecule has 0 radical (unpaired) electrons. The molecule has 0 aliphatic carbocycles. The number of hydrogen-bond acceptors (Lipinski definition) is 6. The van der Waals surface area contributed by atoms with Crippen LogP contribution in [0.15, 0.2) is 53.6 Å². The van der Waals surface area contributed by atoms with Crippen molar-refractivity contribution >= 4 is 58.0 Å². The number of rotatable bonds is 3. The lowest BCUT2D eigenvalue weighted by Gasteiger charge is -2.32. The Morgan fingerprint density at radius 2 is 2.06 bits per heavy atom. The van der Waals surface area contributed by atoms with Gasteiger partial charge in [0.05, 0.1) is 16.1 Å². The number of carbonyl (C=O) groups excluding carboxylic acids is 2. The molecular formula is C24H22ClFN4O2S. The number of pyridine rings is 1. The molecule has 2 fully saturated rings. The molecule has 1 atom stereocenters. The van der Waals surface area contributed by atoms with Gasteiger partial charge in [-0.3, -0.25) is 19.9 Å². The molecule has 3 N–H and O–H groups in total. The lowest BCUT2D eigenvalue weighted by atomic mass is 9.98. The minimum Gasteiger partial charge on any atom is -0.368 e. The first-order valence-electron chi connectivity index (χ1n) is 10.4.